The van der Waals surface area contributed by atoms with Gasteiger partial charge in [-0.1, -0.05) is 75.3 Å². The number of hydrogen-bond acceptors (Lipinski definition) is 5. The van der Waals surface area contributed by atoms with E-state index in [9.17, 15) is 4.79 Å². The summed E-state index contributed by atoms with van der Waals surface area (Å²) in [6.07, 6.45) is 24.9. The van der Waals surface area contributed by atoms with Crippen LogP contribution in [0, 0.1) is 5.92 Å². The van der Waals surface area contributed by atoms with E-state index in [-0.39, 0.29) is 11.7 Å². The van der Waals surface area contributed by atoms with E-state index < -0.39 is 5.97 Å². The Labute approximate surface area is 213 Å². The third kappa shape index (κ3) is 12.4. The van der Waals surface area contributed by atoms with Crippen LogP contribution in [0.25, 0.3) is 11.4 Å². The van der Waals surface area contributed by atoms with E-state index in [0.29, 0.717) is 18.2 Å². The standard InChI is InChI=1S/C28H38N4O2S/c1-3-4-5-6-7-8-9-10-11-12-13-14-17-26(23(2)16-15-18-27(33)34)35-25-21-19-24(20-22-25)28-29-31-32-30-28/h7-8,10-14,17,19-23,26H,3-6,9,15-16,18H2,1-2H3,(H,33,34)(H,29,30,31,32)/b8-7-,11-10-,13-12+,17-14+/t23-,26?/m0/s1. The predicted octanol–water partition coefficient (Wildman–Crippen LogP) is 7.41. The van der Waals surface area contributed by atoms with Gasteiger partial charge in [0, 0.05) is 22.1 Å². The number of carboxylic acids is 1. The highest BCUT2D eigenvalue weighted by molar-refractivity contribution is 8.00. The van der Waals surface area contributed by atoms with Crippen molar-refractivity contribution < 1.29 is 9.90 Å². The van der Waals surface area contributed by atoms with Gasteiger partial charge in [-0.2, -0.15) is 5.21 Å². The maximum Gasteiger partial charge on any atom is 0.303 e. The van der Waals surface area contributed by atoms with Gasteiger partial charge in [0.2, 0.25) is 5.82 Å². The van der Waals surface area contributed by atoms with Gasteiger partial charge in [-0.3, -0.25) is 4.79 Å². The topological polar surface area (TPSA) is 91.8 Å². The lowest BCUT2D eigenvalue weighted by molar-refractivity contribution is -0.137. The molecule has 2 N–H and O–H groups in total. The monoisotopic (exact) mass is 494 g/mol. The molecule has 0 spiro atoms. The molecule has 0 aliphatic carbocycles. The molecular weight excluding hydrogens is 456 g/mol. The molecule has 1 aromatic heterocycles. The Morgan fingerprint density at radius 2 is 1.86 bits per heavy atom. The molecule has 6 nitrogen and oxygen atoms in total. The van der Waals surface area contributed by atoms with Gasteiger partial charge in [-0.25, -0.2) is 0 Å². The van der Waals surface area contributed by atoms with Gasteiger partial charge in [0.25, 0.3) is 0 Å². The lowest BCUT2D eigenvalue weighted by Crippen LogP contribution is -2.12. The number of allylic oxidation sites excluding steroid dienone is 7. The van der Waals surface area contributed by atoms with Crippen LogP contribution in [0.5, 0.6) is 0 Å². The van der Waals surface area contributed by atoms with Gasteiger partial charge in [0.05, 0.1) is 0 Å². The average molecular weight is 495 g/mol. The first-order chi connectivity index (χ1) is 17.1. The van der Waals surface area contributed by atoms with Crippen molar-refractivity contribution in [3.05, 3.63) is 72.9 Å². The zero-order valence-electron chi connectivity index (χ0n) is 20.8. The fourth-order valence-corrected chi connectivity index (χ4v) is 4.62. The Kier molecular flexibility index (Phi) is 14.2. The summed E-state index contributed by atoms with van der Waals surface area (Å²) in [6, 6.07) is 8.11. The minimum Gasteiger partial charge on any atom is -0.481 e. The number of hydrogen-bond donors (Lipinski definition) is 2. The first-order valence-electron chi connectivity index (χ1n) is 12.5. The molecule has 0 aliphatic rings. The summed E-state index contributed by atoms with van der Waals surface area (Å²) in [5.41, 5.74) is 0.912. The number of rotatable bonds is 17. The van der Waals surface area contributed by atoms with Crippen LogP contribution in [0.15, 0.2) is 77.8 Å². The summed E-state index contributed by atoms with van der Waals surface area (Å²) < 4.78 is 0. The minimum atomic E-state index is -0.737. The smallest absolute Gasteiger partial charge is 0.303 e. The fraction of sp³-hybridized carbons (Fsp3) is 0.429. The predicted molar refractivity (Wildman–Crippen MR) is 145 cm³/mol. The van der Waals surface area contributed by atoms with Crippen molar-refractivity contribution in [3.8, 4) is 11.4 Å². The van der Waals surface area contributed by atoms with Crippen molar-refractivity contribution in [2.75, 3.05) is 0 Å². The highest BCUT2D eigenvalue weighted by Gasteiger charge is 2.16. The number of aromatic amines is 1. The second-order valence-electron chi connectivity index (χ2n) is 8.51. The zero-order chi connectivity index (χ0) is 25.1. The molecule has 2 atom stereocenters. The van der Waals surface area contributed by atoms with Crippen molar-refractivity contribution in [1.29, 1.82) is 0 Å². The zero-order valence-corrected chi connectivity index (χ0v) is 21.7. The lowest BCUT2D eigenvalue weighted by atomic mass is 9.99. The van der Waals surface area contributed by atoms with Gasteiger partial charge < -0.3 is 5.11 Å². The first-order valence-corrected chi connectivity index (χ1v) is 13.4. The molecule has 2 aromatic rings. The number of benzene rings is 1. The second kappa shape index (κ2) is 17.5. The van der Waals surface area contributed by atoms with E-state index in [0.717, 1.165) is 23.3 Å². The fourth-order valence-electron chi connectivity index (χ4n) is 3.47. The molecule has 1 heterocycles. The molecule has 0 bridgehead atoms. The molecule has 1 aromatic carbocycles. The highest BCUT2D eigenvalue weighted by atomic mass is 32.2. The minimum absolute atomic E-state index is 0.211. The number of nitrogens with one attached hydrogen (secondary N) is 1. The van der Waals surface area contributed by atoms with E-state index in [4.69, 9.17) is 5.11 Å². The number of aromatic nitrogens is 4. The largest absolute Gasteiger partial charge is 0.481 e. The summed E-state index contributed by atoms with van der Waals surface area (Å²) in [5, 5.41) is 23.3. The van der Waals surface area contributed by atoms with Crippen LogP contribution < -0.4 is 0 Å². The molecule has 0 fully saturated rings. The number of nitrogens with zero attached hydrogens (tertiary/aromatic N) is 3. The Morgan fingerprint density at radius 1 is 1.06 bits per heavy atom. The summed E-state index contributed by atoms with van der Waals surface area (Å²) in [6.45, 7) is 4.42. The molecule has 2 rings (SSSR count). The number of tetrazole rings is 1. The van der Waals surface area contributed by atoms with E-state index in [1.165, 1.54) is 25.7 Å². The summed E-state index contributed by atoms with van der Waals surface area (Å²) >= 11 is 1.78. The van der Waals surface area contributed by atoms with E-state index in [1.54, 1.807) is 11.8 Å². The maximum absolute atomic E-state index is 10.9. The van der Waals surface area contributed by atoms with E-state index in [2.05, 4.69) is 95.2 Å². The Balaban J connectivity index is 1.91. The summed E-state index contributed by atoms with van der Waals surface area (Å²) in [7, 11) is 0. The van der Waals surface area contributed by atoms with Gasteiger partial charge >= 0.3 is 5.97 Å². The Hall–Kier alpha value is -2.93. The van der Waals surface area contributed by atoms with Gasteiger partial charge in [0.1, 0.15) is 0 Å². The number of carbonyl (C=O) groups is 1. The number of H-pyrrole nitrogens is 1. The third-order valence-electron chi connectivity index (χ3n) is 5.52. The van der Waals surface area contributed by atoms with Crippen LogP contribution in [0.2, 0.25) is 0 Å². The number of carboxylic acid groups (broad SMARTS) is 1. The van der Waals surface area contributed by atoms with E-state index in [1.807, 2.05) is 12.1 Å². The van der Waals surface area contributed by atoms with Crippen molar-refractivity contribution in [3.63, 3.8) is 0 Å². The van der Waals surface area contributed by atoms with Gasteiger partial charge in [-0.05, 0) is 67.5 Å². The van der Waals surface area contributed by atoms with Gasteiger partial charge in [0.15, 0.2) is 0 Å². The van der Waals surface area contributed by atoms with Crippen LogP contribution >= 0.6 is 11.8 Å². The third-order valence-corrected chi connectivity index (χ3v) is 6.96. The second-order valence-corrected chi connectivity index (χ2v) is 9.76. The normalized spacial score (nSPS) is 14.0. The number of unbranched alkanes of at least 4 members (excludes halogenated alkanes) is 3. The SMILES string of the molecule is CCCCC/C=C\C\C=C/C=C/C=C/C(Sc1ccc(-c2nn[nH]n2)cc1)[C@@H](C)CCCC(=O)O. The quantitative estimate of drug-likeness (QED) is 0.103. The first kappa shape index (κ1) is 28.3. The van der Waals surface area contributed by atoms with Crippen LogP contribution in [-0.2, 0) is 4.79 Å². The number of thioether (sulfide) groups is 1. The molecule has 35 heavy (non-hydrogen) atoms. The molecule has 0 aliphatic heterocycles. The van der Waals surface area contributed by atoms with E-state index >= 15 is 0 Å². The molecule has 0 saturated carbocycles. The lowest BCUT2D eigenvalue weighted by Gasteiger charge is -2.20. The number of aliphatic carboxylic acids is 1. The van der Waals surface area contributed by atoms with Crippen LogP contribution in [-0.4, -0.2) is 36.9 Å². The molecule has 0 saturated heterocycles. The average Bonchev–Trinajstić information content (AvgIpc) is 3.39. The molecular formula is C28H38N4O2S. The van der Waals surface area contributed by atoms with Crippen LogP contribution in [0.4, 0.5) is 0 Å². The summed E-state index contributed by atoms with van der Waals surface area (Å²) in [5.74, 6) is 0.180. The Bertz CT molecular complexity index is 950. The van der Waals surface area contributed by atoms with Crippen LogP contribution in [0.1, 0.15) is 65.2 Å². The molecule has 188 valence electrons. The Morgan fingerprint density at radius 3 is 2.57 bits per heavy atom. The van der Waals surface area contributed by atoms with Crippen molar-refractivity contribution in [2.45, 2.75) is 75.4 Å². The molecule has 0 amide bonds. The molecule has 1 unspecified atom stereocenters. The van der Waals surface area contributed by atoms with Gasteiger partial charge in [-0.15, -0.1) is 22.0 Å². The molecule has 7 heteroatoms. The maximum atomic E-state index is 10.9. The van der Waals surface area contributed by atoms with Crippen molar-refractivity contribution >= 4 is 17.7 Å². The summed E-state index contributed by atoms with van der Waals surface area (Å²) in [4.78, 5) is 12.1. The van der Waals surface area contributed by atoms with Crippen molar-refractivity contribution in [1.82, 2.24) is 20.6 Å². The highest BCUT2D eigenvalue weighted by Crippen LogP contribution is 2.32. The van der Waals surface area contributed by atoms with Crippen molar-refractivity contribution in [2.24, 2.45) is 5.92 Å². The molecule has 0 radical (unpaired) electrons. The van der Waals surface area contributed by atoms with Crippen LogP contribution in [0.3, 0.4) is 0 Å².